The van der Waals surface area contributed by atoms with Crippen LogP contribution in [0.25, 0.3) is 6.08 Å². The van der Waals surface area contributed by atoms with Crippen molar-refractivity contribution in [3.63, 3.8) is 0 Å². The number of nitrogens with zero attached hydrogens (tertiary/aromatic N) is 2. The fourth-order valence-electron chi connectivity index (χ4n) is 3.40. The molecule has 0 aliphatic rings. The average Bonchev–Trinajstić information content (AvgIpc) is 3.27. The highest BCUT2D eigenvalue weighted by Gasteiger charge is 2.17. The van der Waals surface area contributed by atoms with Crippen molar-refractivity contribution in [3.8, 4) is 0 Å². The van der Waals surface area contributed by atoms with Gasteiger partial charge in [0.05, 0.1) is 11.6 Å². The standard InChI is InChI=1S/C24H27N3O3S/c1-16(2)14-17-7-9-18(10-8-17)22(20-6-5-13-31-20)25-21(28)12-11-19-15-26(3)24(30)27(4)23(19)29/h5-13,15-16,22H,14H2,1-4H3,(H,25,28)/b12-11+. The fraction of sp³-hybridized carbons (Fsp3) is 0.292. The Kier molecular flexibility index (Phi) is 7.07. The third-order valence-electron chi connectivity index (χ3n) is 4.96. The van der Waals surface area contributed by atoms with Crippen LogP contribution in [0.2, 0.25) is 0 Å². The molecule has 3 aromatic rings. The Morgan fingerprint density at radius 3 is 2.45 bits per heavy atom. The number of amides is 1. The van der Waals surface area contributed by atoms with Crippen LogP contribution in [0.15, 0.2) is 63.6 Å². The van der Waals surface area contributed by atoms with Crippen molar-refractivity contribution >= 4 is 23.3 Å². The second kappa shape index (κ2) is 9.75. The predicted molar refractivity (Wildman–Crippen MR) is 125 cm³/mol. The zero-order valence-corrected chi connectivity index (χ0v) is 19.0. The van der Waals surface area contributed by atoms with Gasteiger partial charge in [-0.1, -0.05) is 44.2 Å². The molecular formula is C24H27N3O3S. The smallest absolute Gasteiger partial charge is 0.330 e. The lowest BCUT2D eigenvalue weighted by atomic mass is 9.99. The van der Waals surface area contributed by atoms with E-state index in [1.54, 1.807) is 18.4 Å². The minimum atomic E-state index is -0.442. The average molecular weight is 438 g/mol. The van der Waals surface area contributed by atoms with E-state index in [2.05, 4.69) is 43.4 Å². The maximum Gasteiger partial charge on any atom is 0.330 e. The summed E-state index contributed by atoms with van der Waals surface area (Å²) >= 11 is 1.57. The molecule has 0 aliphatic carbocycles. The van der Waals surface area contributed by atoms with Crippen molar-refractivity contribution in [1.29, 1.82) is 0 Å². The van der Waals surface area contributed by atoms with Gasteiger partial charge < -0.3 is 9.88 Å². The van der Waals surface area contributed by atoms with Crippen LogP contribution in [-0.4, -0.2) is 15.0 Å². The summed E-state index contributed by atoms with van der Waals surface area (Å²) in [7, 11) is 2.98. The van der Waals surface area contributed by atoms with Crippen molar-refractivity contribution < 1.29 is 4.79 Å². The van der Waals surface area contributed by atoms with Gasteiger partial charge in [-0.05, 0) is 41.0 Å². The van der Waals surface area contributed by atoms with Gasteiger partial charge in [0.15, 0.2) is 0 Å². The van der Waals surface area contributed by atoms with Crippen LogP contribution in [-0.2, 0) is 25.3 Å². The van der Waals surface area contributed by atoms with Crippen LogP contribution in [0.1, 0.15) is 41.5 Å². The molecule has 7 heteroatoms. The molecule has 6 nitrogen and oxygen atoms in total. The van der Waals surface area contributed by atoms with Crippen molar-refractivity contribution in [2.24, 2.45) is 20.0 Å². The van der Waals surface area contributed by atoms with Crippen LogP contribution in [0.3, 0.4) is 0 Å². The maximum atomic E-state index is 12.7. The Hall–Kier alpha value is -3.19. The van der Waals surface area contributed by atoms with Gasteiger partial charge in [0.2, 0.25) is 5.91 Å². The lowest BCUT2D eigenvalue weighted by molar-refractivity contribution is -0.116. The monoisotopic (exact) mass is 437 g/mol. The van der Waals surface area contributed by atoms with Crippen LogP contribution in [0.4, 0.5) is 0 Å². The highest BCUT2D eigenvalue weighted by atomic mass is 32.1. The molecule has 0 fully saturated rings. The van der Waals surface area contributed by atoms with E-state index in [-0.39, 0.29) is 17.5 Å². The second-order valence-electron chi connectivity index (χ2n) is 7.97. The van der Waals surface area contributed by atoms with Crippen molar-refractivity contribution in [2.45, 2.75) is 26.3 Å². The van der Waals surface area contributed by atoms with Crippen LogP contribution >= 0.6 is 11.3 Å². The first-order chi connectivity index (χ1) is 14.8. The number of carbonyl (C=O) groups is 1. The molecule has 0 bridgehead atoms. The summed E-state index contributed by atoms with van der Waals surface area (Å²) in [5, 5.41) is 5.01. The molecule has 1 amide bonds. The van der Waals surface area contributed by atoms with E-state index in [1.807, 2.05) is 17.5 Å². The molecule has 1 atom stereocenters. The Morgan fingerprint density at radius 2 is 1.84 bits per heavy atom. The van der Waals surface area contributed by atoms with E-state index in [4.69, 9.17) is 0 Å². The largest absolute Gasteiger partial charge is 0.341 e. The molecule has 0 saturated heterocycles. The quantitative estimate of drug-likeness (QED) is 0.577. The Morgan fingerprint density at radius 1 is 1.13 bits per heavy atom. The molecular weight excluding hydrogens is 410 g/mol. The molecule has 1 aromatic carbocycles. The third-order valence-corrected chi connectivity index (χ3v) is 5.90. The van der Waals surface area contributed by atoms with Gasteiger partial charge in [0.25, 0.3) is 5.56 Å². The van der Waals surface area contributed by atoms with E-state index in [0.29, 0.717) is 5.92 Å². The Labute approximate surface area is 185 Å². The van der Waals surface area contributed by atoms with Crippen molar-refractivity contribution in [1.82, 2.24) is 14.5 Å². The Bertz CT molecular complexity index is 1190. The highest BCUT2D eigenvalue weighted by Crippen LogP contribution is 2.26. The molecule has 3 rings (SSSR count). The molecule has 0 aliphatic heterocycles. The number of carbonyl (C=O) groups excluding carboxylic acids is 1. The maximum absolute atomic E-state index is 12.7. The molecule has 2 aromatic heterocycles. The van der Waals surface area contributed by atoms with Gasteiger partial charge in [-0.3, -0.25) is 14.2 Å². The first-order valence-corrected chi connectivity index (χ1v) is 11.0. The number of benzene rings is 1. The SMILES string of the molecule is CC(C)Cc1ccc(C(NC(=O)/C=C/c2cn(C)c(=O)n(C)c2=O)c2cccs2)cc1. The van der Waals surface area contributed by atoms with Gasteiger partial charge >= 0.3 is 5.69 Å². The lowest BCUT2D eigenvalue weighted by Gasteiger charge is -2.18. The van der Waals surface area contributed by atoms with E-state index in [9.17, 15) is 14.4 Å². The summed E-state index contributed by atoms with van der Waals surface area (Å²) in [6.45, 7) is 4.37. The number of aromatic nitrogens is 2. The van der Waals surface area contributed by atoms with E-state index < -0.39 is 11.2 Å². The summed E-state index contributed by atoms with van der Waals surface area (Å²) in [4.78, 5) is 37.8. The van der Waals surface area contributed by atoms with Gasteiger partial charge in [-0.2, -0.15) is 0 Å². The first-order valence-electron chi connectivity index (χ1n) is 10.1. The predicted octanol–water partition coefficient (Wildman–Crippen LogP) is 3.26. The molecule has 2 heterocycles. The summed E-state index contributed by atoms with van der Waals surface area (Å²) < 4.78 is 2.33. The fourth-order valence-corrected chi connectivity index (χ4v) is 4.20. The molecule has 162 valence electrons. The molecule has 0 spiro atoms. The van der Waals surface area contributed by atoms with Crippen LogP contribution in [0, 0.1) is 5.92 Å². The van der Waals surface area contributed by atoms with E-state index in [0.717, 1.165) is 21.4 Å². The van der Waals surface area contributed by atoms with E-state index >= 15 is 0 Å². The molecule has 0 radical (unpaired) electrons. The topological polar surface area (TPSA) is 73.1 Å². The van der Waals surface area contributed by atoms with Gasteiger partial charge in [0.1, 0.15) is 0 Å². The normalized spacial score (nSPS) is 12.4. The molecule has 31 heavy (non-hydrogen) atoms. The molecule has 1 N–H and O–H groups in total. The number of rotatable bonds is 7. The summed E-state index contributed by atoms with van der Waals surface area (Å²) in [6.07, 6.45) is 5.20. The van der Waals surface area contributed by atoms with Crippen LogP contribution in [0.5, 0.6) is 0 Å². The number of aryl methyl sites for hydroxylation is 1. The summed E-state index contributed by atoms with van der Waals surface area (Å²) in [5.74, 6) is 0.259. The summed E-state index contributed by atoms with van der Waals surface area (Å²) in [5.41, 5.74) is 1.67. The minimum absolute atomic E-state index is 0.269. The van der Waals surface area contributed by atoms with Gasteiger partial charge in [-0.25, -0.2) is 4.79 Å². The number of nitrogens with one attached hydrogen (secondary N) is 1. The summed E-state index contributed by atoms with van der Waals surface area (Å²) in [6, 6.07) is 12.0. The number of hydrogen-bond acceptors (Lipinski definition) is 4. The third kappa shape index (κ3) is 5.49. The molecule has 0 saturated carbocycles. The van der Waals surface area contributed by atoms with Gasteiger partial charge in [0, 0.05) is 31.2 Å². The van der Waals surface area contributed by atoms with E-state index in [1.165, 1.54) is 35.5 Å². The van der Waals surface area contributed by atoms with Crippen molar-refractivity contribution in [3.05, 3.63) is 96.5 Å². The Balaban J connectivity index is 1.83. The van der Waals surface area contributed by atoms with Gasteiger partial charge in [-0.15, -0.1) is 11.3 Å². The lowest BCUT2D eigenvalue weighted by Crippen LogP contribution is -2.37. The van der Waals surface area contributed by atoms with Crippen LogP contribution < -0.4 is 16.6 Å². The number of hydrogen-bond donors (Lipinski definition) is 1. The second-order valence-corrected chi connectivity index (χ2v) is 8.95. The zero-order chi connectivity index (χ0) is 22.5. The highest BCUT2D eigenvalue weighted by molar-refractivity contribution is 7.10. The zero-order valence-electron chi connectivity index (χ0n) is 18.2. The molecule has 1 unspecified atom stereocenters. The first kappa shape index (κ1) is 22.5. The minimum Gasteiger partial charge on any atom is -0.341 e. The van der Waals surface area contributed by atoms with Crippen molar-refractivity contribution in [2.75, 3.05) is 0 Å². The number of thiophene rings is 1.